The Morgan fingerprint density at radius 2 is 1.88 bits per heavy atom. The molecule has 1 amide bonds. The second kappa shape index (κ2) is 8.51. The number of benzene rings is 1. The highest BCUT2D eigenvalue weighted by molar-refractivity contribution is 5.82. The fraction of sp³-hybridized carbons (Fsp3) is 0.667. The Kier molecular flexibility index (Phi) is 6.33. The molecule has 3 unspecified atom stereocenters. The van der Waals surface area contributed by atoms with E-state index < -0.39 is 0 Å². The molecule has 5 nitrogen and oxygen atoms in total. The Morgan fingerprint density at radius 1 is 1.15 bits per heavy atom. The molecule has 0 aliphatic carbocycles. The minimum atomic E-state index is -0.124. The lowest BCUT2D eigenvalue weighted by Gasteiger charge is -2.38. The predicted octanol–water partition coefficient (Wildman–Crippen LogP) is 2.54. The summed E-state index contributed by atoms with van der Waals surface area (Å²) in [7, 11) is 0. The van der Waals surface area contributed by atoms with Crippen LogP contribution in [0.1, 0.15) is 55.8 Å². The Balaban J connectivity index is 1.53. The van der Waals surface area contributed by atoms with E-state index in [9.17, 15) is 4.79 Å². The first-order valence-electron chi connectivity index (χ1n) is 10.1. The number of piperazine rings is 1. The average Bonchev–Trinajstić information content (AvgIpc) is 3.14. The Bertz CT molecular complexity index is 624. The molecular formula is C21H34N4O. The Labute approximate surface area is 158 Å². The summed E-state index contributed by atoms with van der Waals surface area (Å²) >= 11 is 0. The van der Waals surface area contributed by atoms with Gasteiger partial charge in [-0.25, -0.2) is 10.9 Å². The summed E-state index contributed by atoms with van der Waals surface area (Å²) in [5, 5.41) is 0. The molecule has 1 aromatic carbocycles. The van der Waals surface area contributed by atoms with Gasteiger partial charge in [0.15, 0.2) is 0 Å². The van der Waals surface area contributed by atoms with Gasteiger partial charge in [-0.15, -0.1) is 0 Å². The average molecular weight is 359 g/mol. The van der Waals surface area contributed by atoms with Gasteiger partial charge in [0, 0.05) is 38.3 Å². The molecule has 0 bridgehead atoms. The van der Waals surface area contributed by atoms with Gasteiger partial charge < -0.3 is 4.90 Å². The number of amides is 1. The third kappa shape index (κ3) is 4.27. The lowest BCUT2D eigenvalue weighted by Crippen LogP contribution is -2.55. The zero-order valence-electron chi connectivity index (χ0n) is 16.7. The zero-order valence-corrected chi connectivity index (χ0v) is 16.7. The van der Waals surface area contributed by atoms with Crippen LogP contribution < -0.4 is 10.9 Å². The first-order chi connectivity index (χ1) is 12.5. The molecule has 5 heteroatoms. The second-order valence-corrected chi connectivity index (χ2v) is 7.97. The second-order valence-electron chi connectivity index (χ2n) is 7.97. The third-order valence-corrected chi connectivity index (χ3v) is 6.09. The molecule has 0 radical (unpaired) electrons. The Morgan fingerprint density at radius 3 is 2.54 bits per heavy atom. The van der Waals surface area contributed by atoms with E-state index in [4.69, 9.17) is 0 Å². The number of carbonyl (C=O) groups excluding carboxylic acids is 1. The van der Waals surface area contributed by atoms with E-state index in [1.54, 1.807) is 0 Å². The molecule has 0 spiro atoms. The summed E-state index contributed by atoms with van der Waals surface area (Å²) in [4.78, 5) is 17.5. The Hall–Kier alpha value is -1.43. The molecule has 2 aliphatic rings. The number of hydrogen-bond acceptors (Lipinski definition) is 4. The van der Waals surface area contributed by atoms with Crippen LogP contribution in [0.4, 0.5) is 0 Å². The molecule has 2 saturated heterocycles. The van der Waals surface area contributed by atoms with Crippen LogP contribution in [0.25, 0.3) is 0 Å². The summed E-state index contributed by atoms with van der Waals surface area (Å²) in [5.74, 6) is 0.242. The number of hydrazine groups is 1. The highest BCUT2D eigenvalue weighted by Gasteiger charge is 2.34. The van der Waals surface area contributed by atoms with Crippen molar-refractivity contribution >= 4 is 5.91 Å². The normalized spacial score (nSPS) is 25.5. The van der Waals surface area contributed by atoms with Crippen molar-refractivity contribution in [1.29, 1.82) is 0 Å². The van der Waals surface area contributed by atoms with Crippen LogP contribution in [0, 0.1) is 13.8 Å². The molecule has 2 heterocycles. The molecular weight excluding hydrogens is 324 g/mol. The van der Waals surface area contributed by atoms with Gasteiger partial charge >= 0.3 is 0 Å². The maximum atomic E-state index is 12.9. The smallest absolute Gasteiger partial charge is 0.241 e. The SMILES string of the molecule is CCCC(C)N1CCN(C(=O)C2CC(c3ccc(C)c(C)c3)NN2)CC1. The number of nitrogens with zero attached hydrogens (tertiary/aromatic N) is 2. The van der Waals surface area contributed by atoms with Crippen LogP contribution in [0.15, 0.2) is 18.2 Å². The van der Waals surface area contributed by atoms with E-state index in [-0.39, 0.29) is 18.0 Å². The van der Waals surface area contributed by atoms with Crippen LogP contribution in [0.2, 0.25) is 0 Å². The summed E-state index contributed by atoms with van der Waals surface area (Å²) < 4.78 is 0. The van der Waals surface area contributed by atoms with Crippen LogP contribution >= 0.6 is 0 Å². The molecule has 2 N–H and O–H groups in total. The van der Waals surface area contributed by atoms with Crippen molar-refractivity contribution in [2.75, 3.05) is 26.2 Å². The van der Waals surface area contributed by atoms with Crippen molar-refractivity contribution in [3.8, 4) is 0 Å². The van der Waals surface area contributed by atoms with E-state index in [0.717, 1.165) is 32.6 Å². The molecule has 0 saturated carbocycles. The monoisotopic (exact) mass is 358 g/mol. The highest BCUT2D eigenvalue weighted by Crippen LogP contribution is 2.25. The van der Waals surface area contributed by atoms with Crippen LogP contribution in [0.3, 0.4) is 0 Å². The van der Waals surface area contributed by atoms with Crippen molar-refractivity contribution in [2.45, 2.75) is 65.1 Å². The van der Waals surface area contributed by atoms with Crippen molar-refractivity contribution < 1.29 is 4.79 Å². The number of rotatable bonds is 5. The molecule has 144 valence electrons. The van der Waals surface area contributed by atoms with Crippen LogP contribution in [-0.4, -0.2) is 54.0 Å². The van der Waals surface area contributed by atoms with Gasteiger partial charge in [-0.05, 0) is 50.3 Å². The number of aryl methyl sites for hydroxylation is 2. The third-order valence-electron chi connectivity index (χ3n) is 6.09. The van der Waals surface area contributed by atoms with E-state index in [0.29, 0.717) is 6.04 Å². The summed E-state index contributed by atoms with van der Waals surface area (Å²) in [6.07, 6.45) is 3.27. The van der Waals surface area contributed by atoms with E-state index in [2.05, 4.69) is 61.6 Å². The molecule has 2 aliphatic heterocycles. The minimum absolute atomic E-state index is 0.124. The van der Waals surface area contributed by atoms with E-state index in [1.165, 1.54) is 29.5 Å². The fourth-order valence-electron chi connectivity index (χ4n) is 4.12. The minimum Gasteiger partial charge on any atom is -0.339 e. The van der Waals surface area contributed by atoms with Crippen molar-refractivity contribution in [2.24, 2.45) is 0 Å². The van der Waals surface area contributed by atoms with Gasteiger partial charge in [-0.2, -0.15) is 0 Å². The first kappa shape index (κ1) is 19.3. The van der Waals surface area contributed by atoms with Gasteiger partial charge in [0.1, 0.15) is 6.04 Å². The summed E-state index contributed by atoms with van der Waals surface area (Å²) in [6, 6.07) is 7.27. The first-order valence-corrected chi connectivity index (χ1v) is 10.1. The van der Waals surface area contributed by atoms with Crippen molar-refractivity contribution in [3.63, 3.8) is 0 Å². The number of nitrogens with one attached hydrogen (secondary N) is 2. The predicted molar refractivity (Wildman–Crippen MR) is 106 cm³/mol. The van der Waals surface area contributed by atoms with E-state index in [1.807, 2.05) is 4.90 Å². The summed E-state index contributed by atoms with van der Waals surface area (Å²) in [5.41, 5.74) is 10.4. The molecule has 26 heavy (non-hydrogen) atoms. The van der Waals surface area contributed by atoms with Crippen LogP contribution in [-0.2, 0) is 4.79 Å². The van der Waals surface area contributed by atoms with Crippen LogP contribution in [0.5, 0.6) is 0 Å². The largest absolute Gasteiger partial charge is 0.339 e. The quantitative estimate of drug-likeness (QED) is 0.849. The fourth-order valence-corrected chi connectivity index (χ4v) is 4.12. The lowest BCUT2D eigenvalue weighted by atomic mass is 9.97. The topological polar surface area (TPSA) is 47.6 Å². The molecule has 2 fully saturated rings. The van der Waals surface area contributed by atoms with Gasteiger partial charge in [-0.3, -0.25) is 9.69 Å². The van der Waals surface area contributed by atoms with E-state index >= 15 is 0 Å². The standard InChI is InChI=1S/C21H34N4O/c1-5-6-17(4)24-9-11-25(12-10-24)21(26)20-14-19(22-23-20)18-8-7-15(2)16(3)13-18/h7-8,13,17,19-20,22-23H,5-6,9-12,14H2,1-4H3. The highest BCUT2D eigenvalue weighted by atomic mass is 16.2. The van der Waals surface area contributed by atoms with Gasteiger partial charge in [0.05, 0.1) is 0 Å². The zero-order chi connectivity index (χ0) is 18.7. The number of carbonyl (C=O) groups is 1. The molecule has 3 atom stereocenters. The molecule has 3 rings (SSSR count). The van der Waals surface area contributed by atoms with Gasteiger partial charge in [0.2, 0.25) is 5.91 Å². The van der Waals surface area contributed by atoms with Crippen molar-refractivity contribution in [1.82, 2.24) is 20.7 Å². The summed E-state index contributed by atoms with van der Waals surface area (Å²) in [6.45, 7) is 12.5. The lowest BCUT2D eigenvalue weighted by molar-refractivity contribution is -0.135. The maximum absolute atomic E-state index is 12.9. The maximum Gasteiger partial charge on any atom is 0.241 e. The molecule has 1 aromatic rings. The van der Waals surface area contributed by atoms with Gasteiger partial charge in [-0.1, -0.05) is 31.5 Å². The van der Waals surface area contributed by atoms with Crippen molar-refractivity contribution in [3.05, 3.63) is 34.9 Å². The number of hydrogen-bond donors (Lipinski definition) is 2. The molecule has 0 aromatic heterocycles. The van der Waals surface area contributed by atoms with Gasteiger partial charge in [0.25, 0.3) is 0 Å².